The lowest BCUT2D eigenvalue weighted by atomic mass is 10.4. The third-order valence-corrected chi connectivity index (χ3v) is 3.29. The molecular formula is C7H14N2O3S. The maximum absolute atomic E-state index is 10.7. The van der Waals surface area contributed by atoms with Gasteiger partial charge < -0.3 is 4.74 Å². The van der Waals surface area contributed by atoms with Crippen molar-refractivity contribution in [2.24, 2.45) is 5.14 Å². The van der Waals surface area contributed by atoms with Crippen LogP contribution in [0.5, 0.6) is 0 Å². The first-order valence-electron chi connectivity index (χ1n) is 4.42. The Morgan fingerprint density at radius 3 is 3.00 bits per heavy atom. The number of hydrogen-bond donors (Lipinski definition) is 1. The van der Waals surface area contributed by atoms with Crippen molar-refractivity contribution in [3.05, 3.63) is 0 Å². The van der Waals surface area contributed by atoms with Crippen LogP contribution in [-0.2, 0) is 14.8 Å². The highest BCUT2D eigenvalue weighted by molar-refractivity contribution is 7.89. The van der Waals surface area contributed by atoms with Crippen LogP contribution in [0.3, 0.4) is 0 Å². The molecule has 0 bridgehead atoms. The largest absolute Gasteiger partial charge is 0.375 e. The molecule has 2 atom stereocenters. The minimum absolute atomic E-state index is 0.0518. The molecular weight excluding hydrogens is 192 g/mol. The quantitative estimate of drug-likeness (QED) is 0.626. The van der Waals surface area contributed by atoms with Crippen molar-refractivity contribution >= 4 is 10.0 Å². The van der Waals surface area contributed by atoms with Crippen LogP contribution in [0, 0.1) is 0 Å². The summed E-state index contributed by atoms with van der Waals surface area (Å²) >= 11 is 0. The summed E-state index contributed by atoms with van der Waals surface area (Å²) in [4.78, 5) is 2.15. The van der Waals surface area contributed by atoms with Crippen LogP contribution in [0.25, 0.3) is 0 Å². The first-order valence-corrected chi connectivity index (χ1v) is 6.14. The van der Waals surface area contributed by atoms with E-state index in [0.717, 1.165) is 13.0 Å². The number of morpholine rings is 1. The molecule has 2 aliphatic rings. The Morgan fingerprint density at radius 1 is 1.54 bits per heavy atom. The van der Waals surface area contributed by atoms with Gasteiger partial charge in [-0.2, -0.15) is 0 Å². The summed E-state index contributed by atoms with van der Waals surface area (Å²) < 4.78 is 26.8. The zero-order valence-corrected chi connectivity index (χ0v) is 8.16. The van der Waals surface area contributed by atoms with E-state index in [1.165, 1.54) is 0 Å². The molecule has 6 heteroatoms. The predicted molar refractivity (Wildman–Crippen MR) is 47.7 cm³/mol. The van der Waals surface area contributed by atoms with E-state index in [2.05, 4.69) is 4.90 Å². The molecule has 0 spiro atoms. The van der Waals surface area contributed by atoms with Crippen molar-refractivity contribution in [1.82, 2.24) is 4.90 Å². The average Bonchev–Trinajstić information content (AvgIpc) is 2.77. The molecule has 2 rings (SSSR count). The van der Waals surface area contributed by atoms with E-state index < -0.39 is 10.0 Å². The van der Waals surface area contributed by atoms with E-state index in [0.29, 0.717) is 25.3 Å². The van der Waals surface area contributed by atoms with Gasteiger partial charge in [-0.1, -0.05) is 0 Å². The molecule has 0 amide bonds. The van der Waals surface area contributed by atoms with Gasteiger partial charge in [0.15, 0.2) is 0 Å². The van der Waals surface area contributed by atoms with Gasteiger partial charge in [0.25, 0.3) is 0 Å². The second-order valence-electron chi connectivity index (χ2n) is 3.62. The summed E-state index contributed by atoms with van der Waals surface area (Å²) in [6.45, 7) is 2.09. The summed E-state index contributed by atoms with van der Waals surface area (Å²) in [6.07, 6.45) is 1.40. The van der Waals surface area contributed by atoms with Crippen LogP contribution >= 0.6 is 0 Å². The van der Waals surface area contributed by atoms with Crippen molar-refractivity contribution in [1.29, 1.82) is 0 Å². The number of nitrogens with two attached hydrogens (primary N) is 1. The number of nitrogens with zero attached hydrogens (tertiary/aromatic N) is 1. The summed E-state index contributed by atoms with van der Waals surface area (Å²) in [5.41, 5.74) is 0. The smallest absolute Gasteiger partial charge is 0.210 e. The van der Waals surface area contributed by atoms with Crippen LogP contribution in [0.2, 0.25) is 0 Å². The second kappa shape index (κ2) is 3.20. The third-order valence-electron chi connectivity index (χ3n) is 2.54. The molecule has 1 aliphatic carbocycles. The molecule has 1 saturated heterocycles. The Bertz CT molecular complexity index is 290. The molecule has 1 aliphatic heterocycles. The van der Waals surface area contributed by atoms with Crippen molar-refractivity contribution in [3.8, 4) is 0 Å². The monoisotopic (exact) mass is 206 g/mol. The molecule has 1 saturated carbocycles. The molecule has 2 N–H and O–H groups in total. The molecule has 76 valence electrons. The zero-order valence-electron chi connectivity index (χ0n) is 7.35. The van der Waals surface area contributed by atoms with E-state index >= 15 is 0 Å². The summed E-state index contributed by atoms with van der Waals surface area (Å²) in [6, 6.07) is 0.454. The molecule has 0 aromatic carbocycles. The number of ether oxygens (including phenoxy) is 1. The van der Waals surface area contributed by atoms with E-state index in [9.17, 15) is 8.42 Å². The maximum atomic E-state index is 10.7. The maximum Gasteiger partial charge on any atom is 0.210 e. The Labute approximate surface area is 77.9 Å². The van der Waals surface area contributed by atoms with Crippen LogP contribution in [0.4, 0.5) is 0 Å². The Morgan fingerprint density at radius 2 is 2.31 bits per heavy atom. The van der Waals surface area contributed by atoms with Crippen LogP contribution in [0.15, 0.2) is 0 Å². The van der Waals surface area contributed by atoms with E-state index in [-0.39, 0.29) is 5.75 Å². The Kier molecular flexibility index (Phi) is 2.31. The summed E-state index contributed by atoms with van der Waals surface area (Å²) in [5, 5.41) is 4.93. The van der Waals surface area contributed by atoms with Gasteiger partial charge in [-0.3, -0.25) is 4.90 Å². The molecule has 2 unspecified atom stereocenters. The summed E-state index contributed by atoms with van der Waals surface area (Å²) in [5.74, 6) is 0.0518. The lowest BCUT2D eigenvalue weighted by molar-refractivity contribution is 0.0338. The number of sulfonamides is 1. The topological polar surface area (TPSA) is 72.6 Å². The van der Waals surface area contributed by atoms with Crippen molar-refractivity contribution in [2.45, 2.75) is 18.6 Å². The zero-order chi connectivity index (χ0) is 9.47. The van der Waals surface area contributed by atoms with E-state index in [4.69, 9.17) is 9.88 Å². The van der Waals surface area contributed by atoms with Gasteiger partial charge in [0.05, 0.1) is 18.5 Å². The first kappa shape index (κ1) is 9.39. The number of hydrogen-bond acceptors (Lipinski definition) is 4. The number of rotatable bonds is 3. The van der Waals surface area contributed by atoms with E-state index in [1.54, 1.807) is 0 Å². The second-order valence-corrected chi connectivity index (χ2v) is 5.35. The number of fused-ring (bicyclic) bond motifs is 1. The van der Waals surface area contributed by atoms with Crippen molar-refractivity contribution < 1.29 is 13.2 Å². The fourth-order valence-electron chi connectivity index (χ4n) is 1.73. The van der Waals surface area contributed by atoms with Crippen LogP contribution in [0.1, 0.15) is 6.42 Å². The SMILES string of the molecule is NS(=O)(=O)CCN1CCOC2CC21. The van der Waals surface area contributed by atoms with Gasteiger partial charge in [-0.15, -0.1) is 0 Å². The highest BCUT2D eigenvalue weighted by Crippen LogP contribution is 2.33. The van der Waals surface area contributed by atoms with Crippen LogP contribution < -0.4 is 5.14 Å². The molecule has 0 radical (unpaired) electrons. The standard InChI is InChI=1S/C7H14N2O3S/c8-13(10,11)4-2-9-1-3-12-7-5-6(7)9/h6-7H,1-5H2,(H2,8,10,11). The molecule has 0 aromatic heterocycles. The lowest BCUT2D eigenvalue weighted by Crippen LogP contribution is -2.40. The minimum Gasteiger partial charge on any atom is -0.375 e. The highest BCUT2D eigenvalue weighted by Gasteiger charge is 2.45. The van der Waals surface area contributed by atoms with E-state index in [1.807, 2.05) is 0 Å². The fourth-order valence-corrected chi connectivity index (χ4v) is 2.22. The molecule has 5 nitrogen and oxygen atoms in total. The Balaban J connectivity index is 1.82. The Hall–Kier alpha value is -0.170. The first-order chi connectivity index (χ1) is 6.06. The highest BCUT2D eigenvalue weighted by atomic mass is 32.2. The van der Waals surface area contributed by atoms with Gasteiger partial charge in [0.2, 0.25) is 10.0 Å². The molecule has 1 heterocycles. The van der Waals surface area contributed by atoms with Crippen molar-refractivity contribution in [3.63, 3.8) is 0 Å². The minimum atomic E-state index is -3.31. The number of primary sulfonamides is 1. The molecule has 2 fully saturated rings. The van der Waals surface area contributed by atoms with Gasteiger partial charge in [-0.05, 0) is 6.42 Å². The van der Waals surface area contributed by atoms with Gasteiger partial charge in [0.1, 0.15) is 0 Å². The average molecular weight is 206 g/mol. The third kappa shape index (κ3) is 2.40. The lowest BCUT2D eigenvalue weighted by Gasteiger charge is -2.25. The summed E-state index contributed by atoms with van der Waals surface area (Å²) in [7, 11) is -3.31. The fraction of sp³-hybridized carbons (Fsp3) is 1.00. The predicted octanol–water partition coefficient (Wildman–Crippen LogP) is -1.25. The molecule has 0 aromatic rings. The normalized spacial score (nSPS) is 34.2. The van der Waals surface area contributed by atoms with Gasteiger partial charge in [-0.25, -0.2) is 13.6 Å². The van der Waals surface area contributed by atoms with Gasteiger partial charge in [0, 0.05) is 19.1 Å². The van der Waals surface area contributed by atoms with Crippen molar-refractivity contribution in [2.75, 3.05) is 25.4 Å². The van der Waals surface area contributed by atoms with Gasteiger partial charge >= 0.3 is 0 Å². The van der Waals surface area contributed by atoms with Crippen LogP contribution in [-0.4, -0.2) is 50.9 Å². The molecule has 13 heavy (non-hydrogen) atoms.